The number of hydrogen-bond acceptors (Lipinski definition) is 6. The maximum absolute atomic E-state index is 14.5. The molecule has 41 heavy (non-hydrogen) atoms. The Balaban J connectivity index is 1.88. The SMILES string of the molecule is Cc1ccc(S(=O)(=O)n2cc(S(=O)(=O)Nc3cc(F)c(OC(F)F)cc3F)c3c2C[C@@](C#N)(C(F)(F)F)CC3)cc1. The van der Waals surface area contributed by atoms with Crippen LogP contribution in [0, 0.1) is 35.3 Å². The molecule has 0 fully saturated rings. The van der Waals surface area contributed by atoms with Gasteiger partial charge in [-0.15, -0.1) is 0 Å². The Labute approximate surface area is 229 Å². The Bertz CT molecular complexity index is 1760. The van der Waals surface area contributed by atoms with E-state index in [1.807, 2.05) is 0 Å². The molecule has 220 valence electrons. The number of nitrogens with one attached hydrogen (secondary N) is 1. The molecule has 0 radical (unpaired) electrons. The first-order valence-electron chi connectivity index (χ1n) is 11.4. The summed E-state index contributed by atoms with van der Waals surface area (Å²) >= 11 is 0. The van der Waals surface area contributed by atoms with Gasteiger partial charge in [-0.1, -0.05) is 17.7 Å². The Morgan fingerprint density at radius 1 is 1.07 bits per heavy atom. The van der Waals surface area contributed by atoms with Crippen molar-refractivity contribution >= 4 is 25.7 Å². The van der Waals surface area contributed by atoms with E-state index in [1.165, 1.54) is 18.2 Å². The number of ether oxygens (including phenoxy) is 1. The standard InChI is InChI=1S/C24H18F7N3O5S2/c1-13-2-4-14(5-3-13)41(37,38)34-11-21(15-6-7-23(12-32,10-19(15)34)24(29,30)31)40(35,36)33-18-8-17(26)20(9-16(18)25)39-22(27)28/h2-5,8-9,11,22,33H,6-7,10H2,1H3/t23-/m0/s1. The number of sulfonamides is 1. The van der Waals surface area contributed by atoms with Crippen LogP contribution < -0.4 is 9.46 Å². The zero-order valence-electron chi connectivity index (χ0n) is 20.6. The minimum atomic E-state index is -5.11. The minimum Gasteiger partial charge on any atom is -0.432 e. The molecule has 0 bridgehead atoms. The van der Waals surface area contributed by atoms with Crippen molar-refractivity contribution in [3.05, 3.63) is 71.1 Å². The van der Waals surface area contributed by atoms with Gasteiger partial charge in [-0.05, 0) is 37.5 Å². The lowest BCUT2D eigenvalue weighted by atomic mass is 9.74. The van der Waals surface area contributed by atoms with E-state index in [-0.39, 0.29) is 17.7 Å². The van der Waals surface area contributed by atoms with Gasteiger partial charge >= 0.3 is 12.8 Å². The third kappa shape index (κ3) is 5.45. The van der Waals surface area contributed by atoms with Gasteiger partial charge in [0, 0.05) is 30.4 Å². The zero-order valence-corrected chi connectivity index (χ0v) is 22.3. The highest BCUT2D eigenvalue weighted by Crippen LogP contribution is 2.49. The number of aryl methyl sites for hydroxylation is 1. The van der Waals surface area contributed by atoms with E-state index in [4.69, 9.17) is 0 Å². The molecule has 1 aromatic heterocycles. The molecule has 1 aliphatic carbocycles. The Hall–Kier alpha value is -3.78. The van der Waals surface area contributed by atoms with Gasteiger partial charge in [0.15, 0.2) is 22.8 Å². The molecule has 1 atom stereocenters. The molecule has 0 saturated carbocycles. The van der Waals surface area contributed by atoms with Gasteiger partial charge in [0.1, 0.15) is 4.90 Å². The van der Waals surface area contributed by atoms with Crippen LogP contribution in [0.2, 0.25) is 0 Å². The first-order valence-corrected chi connectivity index (χ1v) is 14.3. The predicted octanol–water partition coefficient (Wildman–Crippen LogP) is 5.27. The minimum absolute atomic E-state index is 0.145. The molecule has 1 N–H and O–H groups in total. The molecule has 1 aliphatic rings. The van der Waals surface area contributed by atoms with Crippen LogP contribution in [0.25, 0.3) is 0 Å². The van der Waals surface area contributed by atoms with E-state index in [1.54, 1.807) is 11.6 Å². The van der Waals surface area contributed by atoms with E-state index in [0.717, 1.165) is 12.1 Å². The highest BCUT2D eigenvalue weighted by Gasteiger charge is 2.58. The Kier molecular flexibility index (Phi) is 7.54. The van der Waals surface area contributed by atoms with Crippen LogP contribution in [-0.2, 0) is 32.9 Å². The summed E-state index contributed by atoms with van der Waals surface area (Å²) in [5.41, 5.74) is -4.50. The monoisotopic (exact) mass is 625 g/mol. The second-order valence-electron chi connectivity index (χ2n) is 9.15. The summed E-state index contributed by atoms with van der Waals surface area (Å²) in [4.78, 5) is -1.27. The lowest BCUT2D eigenvalue weighted by molar-refractivity contribution is -0.206. The Morgan fingerprint density at radius 2 is 1.71 bits per heavy atom. The number of aromatic nitrogens is 1. The summed E-state index contributed by atoms with van der Waals surface area (Å²) in [6.07, 6.45) is -7.44. The number of halogens is 7. The van der Waals surface area contributed by atoms with E-state index in [2.05, 4.69) is 4.74 Å². The zero-order chi connectivity index (χ0) is 30.5. The van der Waals surface area contributed by atoms with Crippen LogP contribution in [0.5, 0.6) is 5.75 Å². The molecule has 0 spiro atoms. The smallest absolute Gasteiger partial charge is 0.407 e. The molecule has 4 rings (SSSR count). The summed E-state index contributed by atoms with van der Waals surface area (Å²) in [6.45, 7) is -1.88. The summed E-state index contributed by atoms with van der Waals surface area (Å²) in [7, 11) is -9.75. The molecule has 3 aromatic rings. The maximum Gasteiger partial charge on any atom is 0.407 e. The average molecular weight is 626 g/mol. The van der Waals surface area contributed by atoms with Crippen molar-refractivity contribution in [2.45, 2.75) is 48.8 Å². The number of nitriles is 1. The highest BCUT2D eigenvalue weighted by molar-refractivity contribution is 7.93. The van der Waals surface area contributed by atoms with Gasteiger partial charge in [-0.3, -0.25) is 4.72 Å². The molecular weight excluding hydrogens is 607 g/mol. The van der Waals surface area contributed by atoms with Crippen LogP contribution >= 0.6 is 0 Å². The lowest BCUT2D eigenvalue weighted by Gasteiger charge is -2.33. The Morgan fingerprint density at radius 3 is 2.27 bits per heavy atom. The molecule has 8 nitrogen and oxygen atoms in total. The van der Waals surface area contributed by atoms with Gasteiger partial charge in [-0.2, -0.15) is 27.2 Å². The van der Waals surface area contributed by atoms with E-state index >= 15 is 0 Å². The van der Waals surface area contributed by atoms with Crippen molar-refractivity contribution in [2.24, 2.45) is 5.41 Å². The van der Waals surface area contributed by atoms with E-state index < -0.39 is 96.1 Å². The number of benzene rings is 2. The third-order valence-electron chi connectivity index (χ3n) is 6.52. The molecule has 1 heterocycles. The molecule has 0 aliphatic heterocycles. The van der Waals surface area contributed by atoms with Gasteiger partial charge in [0.2, 0.25) is 0 Å². The van der Waals surface area contributed by atoms with Crippen molar-refractivity contribution in [1.82, 2.24) is 3.97 Å². The first kappa shape index (κ1) is 30.2. The quantitative estimate of drug-likeness (QED) is 0.358. The molecule has 0 amide bonds. The van der Waals surface area contributed by atoms with Gasteiger partial charge in [0.05, 0.1) is 16.7 Å². The van der Waals surface area contributed by atoms with Crippen LogP contribution in [0.4, 0.5) is 36.4 Å². The number of nitrogens with zero attached hydrogens (tertiary/aromatic N) is 2. The fraction of sp³-hybridized carbons (Fsp3) is 0.292. The number of hydrogen-bond donors (Lipinski definition) is 1. The normalized spacial score (nSPS) is 17.7. The van der Waals surface area contributed by atoms with E-state index in [0.29, 0.717) is 15.7 Å². The number of fused-ring (bicyclic) bond motifs is 1. The average Bonchev–Trinajstić information content (AvgIpc) is 3.26. The highest BCUT2D eigenvalue weighted by atomic mass is 32.2. The van der Waals surface area contributed by atoms with E-state index in [9.17, 15) is 52.8 Å². The molecule has 0 saturated heterocycles. The van der Waals surface area contributed by atoms with Gasteiger partial charge in [0.25, 0.3) is 20.0 Å². The van der Waals surface area contributed by atoms with Crippen molar-refractivity contribution in [2.75, 3.05) is 4.72 Å². The first-order chi connectivity index (χ1) is 18.9. The van der Waals surface area contributed by atoms with Crippen molar-refractivity contribution in [3.63, 3.8) is 0 Å². The largest absolute Gasteiger partial charge is 0.432 e. The predicted molar refractivity (Wildman–Crippen MR) is 128 cm³/mol. The van der Waals surface area contributed by atoms with Crippen molar-refractivity contribution in [3.8, 4) is 11.8 Å². The summed E-state index contributed by atoms with van der Waals surface area (Å²) in [5.74, 6) is -4.35. The molecular formula is C24H18F7N3O5S2. The lowest BCUT2D eigenvalue weighted by Crippen LogP contribution is -2.42. The van der Waals surface area contributed by atoms with Crippen LogP contribution in [0.3, 0.4) is 0 Å². The van der Waals surface area contributed by atoms with Gasteiger partial charge in [-0.25, -0.2) is 29.6 Å². The van der Waals surface area contributed by atoms with Crippen molar-refractivity contribution < 1.29 is 52.3 Å². The second kappa shape index (κ2) is 10.2. The number of alkyl halides is 5. The summed E-state index contributed by atoms with van der Waals surface area (Å²) < 4.78 is 155. The molecule has 0 unspecified atom stereocenters. The molecule has 17 heteroatoms. The third-order valence-corrected chi connectivity index (χ3v) is 9.65. The summed E-state index contributed by atoms with van der Waals surface area (Å²) in [5, 5.41) is 9.45. The maximum atomic E-state index is 14.5. The van der Waals surface area contributed by atoms with Crippen LogP contribution in [-0.4, -0.2) is 33.6 Å². The fourth-order valence-corrected chi connectivity index (χ4v) is 7.19. The van der Waals surface area contributed by atoms with Crippen molar-refractivity contribution in [1.29, 1.82) is 5.26 Å². The van der Waals surface area contributed by atoms with Crippen LogP contribution in [0.1, 0.15) is 23.2 Å². The number of anilines is 1. The van der Waals surface area contributed by atoms with Gasteiger partial charge < -0.3 is 4.74 Å². The number of rotatable bonds is 7. The topological polar surface area (TPSA) is 118 Å². The molecule has 2 aromatic carbocycles. The van der Waals surface area contributed by atoms with Crippen LogP contribution in [0.15, 0.2) is 52.4 Å². The fourth-order valence-electron chi connectivity index (χ4n) is 4.37. The second-order valence-corrected chi connectivity index (χ2v) is 12.6. The summed E-state index contributed by atoms with van der Waals surface area (Å²) in [6, 6.07) is 6.62.